The van der Waals surface area contributed by atoms with Crippen LogP contribution in [-0.2, 0) is 9.63 Å². The van der Waals surface area contributed by atoms with E-state index in [4.69, 9.17) is 16.4 Å². The molecule has 0 saturated carbocycles. The first-order chi connectivity index (χ1) is 12.2. The molecule has 1 aromatic rings. The molecule has 1 aromatic carbocycles. The third-order valence-corrected chi connectivity index (χ3v) is 5.89. The van der Waals surface area contributed by atoms with Gasteiger partial charge in [-0.05, 0) is 44.8 Å². The molecule has 6 heteroatoms. The highest BCUT2D eigenvalue weighted by Gasteiger charge is 2.35. The van der Waals surface area contributed by atoms with Crippen molar-refractivity contribution in [2.24, 2.45) is 5.16 Å². The molecule has 0 N–H and O–H groups in total. The lowest BCUT2D eigenvalue weighted by atomic mass is 10.0. The Balaban J connectivity index is 1.32. The number of piperidine rings is 1. The van der Waals surface area contributed by atoms with E-state index in [0.717, 1.165) is 37.2 Å². The second kappa shape index (κ2) is 7.34. The third kappa shape index (κ3) is 3.53. The maximum absolute atomic E-state index is 12.8. The van der Waals surface area contributed by atoms with Crippen LogP contribution < -0.4 is 0 Å². The number of hydrogen-bond acceptors (Lipinski definition) is 4. The Kier molecular flexibility index (Phi) is 4.95. The summed E-state index contributed by atoms with van der Waals surface area (Å²) in [5.74, 6) is 0.0608. The van der Waals surface area contributed by atoms with Crippen LogP contribution >= 0.6 is 11.6 Å². The number of halogens is 1. The lowest BCUT2D eigenvalue weighted by Gasteiger charge is -2.37. The Morgan fingerprint density at radius 2 is 1.84 bits per heavy atom. The van der Waals surface area contributed by atoms with Crippen molar-refractivity contribution < 1.29 is 9.63 Å². The Bertz CT molecular complexity index is 664. The van der Waals surface area contributed by atoms with Crippen LogP contribution in [0.3, 0.4) is 0 Å². The van der Waals surface area contributed by atoms with Gasteiger partial charge in [-0.1, -0.05) is 35.0 Å². The fourth-order valence-electron chi connectivity index (χ4n) is 4.13. The number of likely N-dealkylation sites (tertiary alicyclic amines) is 2. The molecule has 4 rings (SSSR count). The molecule has 1 atom stereocenters. The fourth-order valence-corrected chi connectivity index (χ4v) is 4.37. The van der Waals surface area contributed by atoms with Crippen molar-refractivity contribution in [3.05, 3.63) is 34.9 Å². The van der Waals surface area contributed by atoms with Crippen molar-refractivity contribution in [2.75, 3.05) is 26.2 Å². The number of benzene rings is 1. The van der Waals surface area contributed by atoms with Crippen molar-refractivity contribution in [3.8, 4) is 0 Å². The molecule has 3 aliphatic rings. The standard InChI is InChI=1S/C19H24ClN3O2/c20-16-6-2-1-5-15(16)17-13-18(25-21-17)19(24)23-11-7-14(8-12-23)22-9-3-4-10-22/h1-2,5-6,14,18H,3-4,7-13H2/t18-/m0/s1. The first-order valence-corrected chi connectivity index (χ1v) is 9.60. The van der Waals surface area contributed by atoms with Crippen LogP contribution in [0.4, 0.5) is 0 Å². The Morgan fingerprint density at radius 3 is 2.56 bits per heavy atom. The lowest BCUT2D eigenvalue weighted by molar-refractivity contribution is -0.143. The summed E-state index contributed by atoms with van der Waals surface area (Å²) >= 11 is 6.22. The molecule has 1 amide bonds. The normalized spacial score (nSPS) is 25.1. The second-order valence-corrected chi connectivity index (χ2v) is 7.52. The zero-order valence-electron chi connectivity index (χ0n) is 14.4. The summed E-state index contributed by atoms with van der Waals surface area (Å²) < 4.78 is 0. The molecule has 0 spiro atoms. The van der Waals surface area contributed by atoms with E-state index in [1.807, 2.05) is 29.2 Å². The van der Waals surface area contributed by atoms with E-state index in [1.165, 1.54) is 25.9 Å². The average Bonchev–Trinajstić information content (AvgIpc) is 3.34. The zero-order chi connectivity index (χ0) is 17.2. The van der Waals surface area contributed by atoms with E-state index in [-0.39, 0.29) is 5.91 Å². The van der Waals surface area contributed by atoms with Crippen LogP contribution in [0.15, 0.2) is 29.4 Å². The maximum atomic E-state index is 12.8. The fraction of sp³-hybridized carbons (Fsp3) is 0.579. The van der Waals surface area contributed by atoms with Gasteiger partial charge in [-0.25, -0.2) is 0 Å². The van der Waals surface area contributed by atoms with Crippen LogP contribution in [0.5, 0.6) is 0 Å². The molecule has 2 saturated heterocycles. The molecule has 2 fully saturated rings. The van der Waals surface area contributed by atoms with Crippen molar-refractivity contribution >= 4 is 23.2 Å². The molecule has 3 aliphatic heterocycles. The van der Waals surface area contributed by atoms with Gasteiger partial charge in [-0.15, -0.1) is 0 Å². The average molecular weight is 362 g/mol. The van der Waals surface area contributed by atoms with Crippen molar-refractivity contribution in [1.29, 1.82) is 0 Å². The van der Waals surface area contributed by atoms with Gasteiger partial charge in [0.1, 0.15) is 0 Å². The summed E-state index contributed by atoms with van der Waals surface area (Å²) in [5, 5.41) is 4.76. The van der Waals surface area contributed by atoms with Crippen LogP contribution in [0.1, 0.15) is 37.7 Å². The van der Waals surface area contributed by atoms with Gasteiger partial charge in [-0.3, -0.25) is 4.79 Å². The minimum absolute atomic E-state index is 0.0608. The molecule has 134 valence electrons. The third-order valence-electron chi connectivity index (χ3n) is 5.56. The molecule has 5 nitrogen and oxygen atoms in total. The SMILES string of the molecule is O=C([C@@H]1CC(c2ccccc2Cl)=NO1)N1CCC(N2CCCC2)CC1. The largest absolute Gasteiger partial charge is 0.382 e. The molecule has 0 bridgehead atoms. The van der Waals surface area contributed by atoms with Gasteiger partial charge in [0, 0.05) is 36.1 Å². The summed E-state index contributed by atoms with van der Waals surface area (Å²) in [5.41, 5.74) is 1.61. The van der Waals surface area contributed by atoms with Gasteiger partial charge < -0.3 is 14.6 Å². The first kappa shape index (κ1) is 16.9. The highest BCUT2D eigenvalue weighted by Crippen LogP contribution is 2.26. The van der Waals surface area contributed by atoms with Crippen molar-refractivity contribution in [3.63, 3.8) is 0 Å². The quantitative estimate of drug-likeness (QED) is 0.831. The Hall–Kier alpha value is -1.59. The Labute approximate surface area is 153 Å². The lowest BCUT2D eigenvalue weighted by Crippen LogP contribution is -2.48. The molecular formula is C19H24ClN3O2. The van der Waals surface area contributed by atoms with Crippen molar-refractivity contribution in [2.45, 2.75) is 44.2 Å². The Morgan fingerprint density at radius 1 is 1.12 bits per heavy atom. The summed E-state index contributed by atoms with van der Waals surface area (Å²) in [6.45, 7) is 4.08. The van der Waals surface area contributed by atoms with Gasteiger partial charge in [-0.2, -0.15) is 0 Å². The van der Waals surface area contributed by atoms with E-state index in [1.54, 1.807) is 0 Å². The minimum Gasteiger partial charge on any atom is -0.382 e. The molecule has 3 heterocycles. The maximum Gasteiger partial charge on any atom is 0.266 e. The molecule has 25 heavy (non-hydrogen) atoms. The van der Waals surface area contributed by atoms with Gasteiger partial charge >= 0.3 is 0 Å². The molecule has 0 aliphatic carbocycles. The van der Waals surface area contributed by atoms with Gasteiger partial charge in [0.25, 0.3) is 5.91 Å². The van der Waals surface area contributed by atoms with E-state index >= 15 is 0 Å². The number of nitrogens with zero attached hydrogens (tertiary/aromatic N) is 3. The van der Waals surface area contributed by atoms with E-state index < -0.39 is 6.10 Å². The molecule has 0 radical (unpaired) electrons. The number of rotatable bonds is 3. The van der Waals surface area contributed by atoms with Gasteiger partial charge in [0.15, 0.2) is 0 Å². The minimum atomic E-state index is -0.505. The highest BCUT2D eigenvalue weighted by molar-refractivity contribution is 6.34. The number of hydrogen-bond donors (Lipinski definition) is 0. The zero-order valence-corrected chi connectivity index (χ0v) is 15.1. The summed E-state index contributed by atoms with van der Waals surface area (Å²) in [6.07, 6.45) is 4.76. The van der Waals surface area contributed by atoms with Crippen molar-refractivity contribution in [1.82, 2.24) is 9.80 Å². The predicted octanol–water partition coefficient (Wildman–Crippen LogP) is 2.92. The smallest absolute Gasteiger partial charge is 0.266 e. The van der Waals surface area contributed by atoms with Crippen LogP contribution in [-0.4, -0.2) is 59.7 Å². The number of oxime groups is 1. The first-order valence-electron chi connectivity index (χ1n) is 9.23. The number of amides is 1. The van der Waals surface area contributed by atoms with Gasteiger partial charge in [0.05, 0.1) is 5.71 Å². The van der Waals surface area contributed by atoms with E-state index in [0.29, 0.717) is 17.5 Å². The molecule has 0 unspecified atom stereocenters. The monoisotopic (exact) mass is 361 g/mol. The molecule has 0 aromatic heterocycles. The summed E-state index contributed by atoms with van der Waals surface area (Å²) in [6, 6.07) is 8.19. The second-order valence-electron chi connectivity index (χ2n) is 7.12. The van der Waals surface area contributed by atoms with Crippen LogP contribution in [0, 0.1) is 0 Å². The van der Waals surface area contributed by atoms with Crippen LogP contribution in [0.2, 0.25) is 5.02 Å². The van der Waals surface area contributed by atoms with Gasteiger partial charge in [0.2, 0.25) is 6.10 Å². The highest BCUT2D eigenvalue weighted by atomic mass is 35.5. The van der Waals surface area contributed by atoms with E-state index in [2.05, 4.69) is 10.1 Å². The summed E-state index contributed by atoms with van der Waals surface area (Å²) in [4.78, 5) is 22.8. The number of carbonyl (C=O) groups is 1. The predicted molar refractivity (Wildman–Crippen MR) is 97.9 cm³/mol. The van der Waals surface area contributed by atoms with Crippen LogP contribution in [0.25, 0.3) is 0 Å². The topological polar surface area (TPSA) is 45.1 Å². The number of carbonyl (C=O) groups excluding carboxylic acids is 1. The molecular weight excluding hydrogens is 338 g/mol. The van der Waals surface area contributed by atoms with E-state index in [9.17, 15) is 4.79 Å². The summed E-state index contributed by atoms with van der Waals surface area (Å²) in [7, 11) is 0.